The van der Waals surface area contributed by atoms with Gasteiger partial charge in [0.25, 0.3) is 5.91 Å². The lowest BCUT2D eigenvalue weighted by Crippen LogP contribution is -2.44. The Kier molecular flexibility index (Phi) is 3.60. The Labute approximate surface area is 135 Å². The molecular weight excluding hydrogens is 292 g/mol. The number of rotatable bonds is 4. The molecule has 0 aromatic carbocycles. The van der Waals surface area contributed by atoms with Crippen molar-refractivity contribution in [2.75, 3.05) is 7.05 Å². The molecule has 1 fully saturated rings. The molecule has 1 aliphatic heterocycles. The Morgan fingerprint density at radius 2 is 2.30 bits per heavy atom. The second-order valence-corrected chi connectivity index (χ2v) is 6.08. The Bertz CT molecular complexity index is 734. The maximum absolute atomic E-state index is 11.9. The van der Waals surface area contributed by atoms with Crippen molar-refractivity contribution in [3.63, 3.8) is 0 Å². The molecule has 2 aliphatic rings. The maximum atomic E-state index is 11.9. The van der Waals surface area contributed by atoms with Gasteiger partial charge in [0.15, 0.2) is 0 Å². The van der Waals surface area contributed by atoms with E-state index in [-0.39, 0.29) is 17.4 Å². The molecule has 0 bridgehead atoms. The Morgan fingerprint density at radius 3 is 2.87 bits per heavy atom. The van der Waals surface area contributed by atoms with Gasteiger partial charge < -0.3 is 10.7 Å². The lowest BCUT2D eigenvalue weighted by atomic mass is 9.97. The first kappa shape index (κ1) is 15.2. The number of carbonyl (C=O) groups excluding carboxylic acids is 1. The molecule has 1 aliphatic carbocycles. The topological polar surface area (TPSA) is 96.8 Å². The molecule has 0 spiro atoms. The second-order valence-electron chi connectivity index (χ2n) is 6.08. The first-order valence-electron chi connectivity index (χ1n) is 7.63. The van der Waals surface area contributed by atoms with Gasteiger partial charge in [0.2, 0.25) is 0 Å². The van der Waals surface area contributed by atoms with Crippen molar-refractivity contribution >= 4 is 11.5 Å². The van der Waals surface area contributed by atoms with Crippen LogP contribution in [0.3, 0.4) is 0 Å². The molecule has 1 aromatic rings. The number of nitrogens with zero attached hydrogens (tertiary/aromatic N) is 3. The van der Waals surface area contributed by atoms with Crippen LogP contribution >= 0.6 is 0 Å². The van der Waals surface area contributed by atoms with Gasteiger partial charge in [0.05, 0.1) is 23.1 Å². The van der Waals surface area contributed by atoms with E-state index in [2.05, 4.69) is 33.9 Å². The molecule has 0 saturated heterocycles. The van der Waals surface area contributed by atoms with E-state index in [1.54, 1.807) is 13.2 Å². The highest BCUT2D eigenvalue weighted by Crippen LogP contribution is 2.50. The normalized spacial score (nSPS) is 19.8. The summed E-state index contributed by atoms with van der Waals surface area (Å²) < 4.78 is 0. The maximum Gasteiger partial charge on any atom is 0.254 e. The molecular formula is C16H20N6O. The number of hydrogen-bond donors (Lipinski definition) is 3. The number of hydrazine groups is 1. The van der Waals surface area contributed by atoms with Crippen LogP contribution in [-0.4, -0.2) is 34.2 Å². The SMILES string of the molecule is CNC(=O)c1c[nH]nc1C1=CNN(C(C)C2(C#N)CC2)C=C1C. The number of aromatic amines is 1. The summed E-state index contributed by atoms with van der Waals surface area (Å²) in [4.78, 5) is 11.9. The van der Waals surface area contributed by atoms with Gasteiger partial charge in [-0.25, -0.2) is 0 Å². The third-order valence-corrected chi connectivity index (χ3v) is 4.71. The summed E-state index contributed by atoms with van der Waals surface area (Å²) in [6.45, 7) is 4.02. The highest BCUT2D eigenvalue weighted by atomic mass is 16.1. The molecule has 0 radical (unpaired) electrons. The van der Waals surface area contributed by atoms with Crippen molar-refractivity contribution in [2.24, 2.45) is 5.41 Å². The standard InChI is InChI=1S/C16H20N6O/c1-10-8-22(11(2)16(9-17)4-5-16)20-7-12(10)14-13(6-19-21-14)15(23)18-3/h6-8,11,20H,4-5H2,1-3H3,(H,18,23)(H,19,21). The molecule has 7 nitrogen and oxygen atoms in total. The average Bonchev–Trinajstić information content (AvgIpc) is 3.23. The molecule has 23 heavy (non-hydrogen) atoms. The summed E-state index contributed by atoms with van der Waals surface area (Å²) >= 11 is 0. The minimum Gasteiger partial charge on any atom is -0.355 e. The van der Waals surface area contributed by atoms with Gasteiger partial charge in [-0.2, -0.15) is 10.4 Å². The third kappa shape index (κ3) is 2.46. The monoisotopic (exact) mass is 312 g/mol. The molecule has 3 rings (SSSR count). The smallest absolute Gasteiger partial charge is 0.254 e. The van der Waals surface area contributed by atoms with E-state index >= 15 is 0 Å². The number of amides is 1. The third-order valence-electron chi connectivity index (χ3n) is 4.71. The summed E-state index contributed by atoms with van der Waals surface area (Å²) in [5, 5.41) is 20.9. The number of hydrogen-bond acceptors (Lipinski definition) is 5. The van der Waals surface area contributed by atoms with Crippen LogP contribution in [0.15, 0.2) is 24.2 Å². The fraction of sp³-hybridized carbons (Fsp3) is 0.438. The molecule has 120 valence electrons. The Balaban J connectivity index is 1.84. The number of carbonyl (C=O) groups is 1. The van der Waals surface area contributed by atoms with Crippen LogP contribution in [0, 0.1) is 16.7 Å². The van der Waals surface area contributed by atoms with Crippen molar-refractivity contribution in [3.8, 4) is 6.07 Å². The van der Waals surface area contributed by atoms with E-state index in [4.69, 9.17) is 0 Å². The zero-order valence-electron chi connectivity index (χ0n) is 13.5. The van der Waals surface area contributed by atoms with E-state index < -0.39 is 0 Å². The largest absolute Gasteiger partial charge is 0.355 e. The van der Waals surface area contributed by atoms with E-state index in [0.29, 0.717) is 11.3 Å². The molecule has 1 unspecified atom stereocenters. The van der Waals surface area contributed by atoms with Crippen LogP contribution in [0.1, 0.15) is 42.7 Å². The predicted octanol–water partition coefficient (Wildman–Crippen LogP) is 1.53. The zero-order valence-corrected chi connectivity index (χ0v) is 13.5. The van der Waals surface area contributed by atoms with Crippen molar-refractivity contribution in [1.82, 2.24) is 25.9 Å². The fourth-order valence-electron chi connectivity index (χ4n) is 2.87. The van der Waals surface area contributed by atoms with Gasteiger partial charge in [-0.15, -0.1) is 0 Å². The van der Waals surface area contributed by atoms with Crippen LogP contribution in [0.2, 0.25) is 0 Å². The summed E-state index contributed by atoms with van der Waals surface area (Å²) in [6, 6.07) is 2.51. The molecule has 1 aromatic heterocycles. The molecule has 1 atom stereocenters. The predicted molar refractivity (Wildman–Crippen MR) is 85.4 cm³/mol. The number of H-pyrrole nitrogens is 1. The lowest BCUT2D eigenvalue weighted by molar-refractivity contribution is 0.0963. The van der Waals surface area contributed by atoms with Crippen molar-refractivity contribution in [1.29, 1.82) is 5.26 Å². The van der Waals surface area contributed by atoms with Crippen molar-refractivity contribution < 1.29 is 4.79 Å². The van der Waals surface area contributed by atoms with Gasteiger partial charge in [0.1, 0.15) is 5.69 Å². The molecule has 7 heteroatoms. The zero-order chi connectivity index (χ0) is 16.6. The minimum absolute atomic E-state index is 0.0813. The van der Waals surface area contributed by atoms with Gasteiger partial charge >= 0.3 is 0 Å². The summed E-state index contributed by atoms with van der Waals surface area (Å²) in [5.74, 6) is -0.181. The highest BCUT2D eigenvalue weighted by molar-refractivity contribution is 5.99. The van der Waals surface area contributed by atoms with E-state index in [0.717, 1.165) is 24.0 Å². The van der Waals surface area contributed by atoms with E-state index in [1.807, 2.05) is 24.3 Å². The quantitative estimate of drug-likeness (QED) is 0.783. The van der Waals surface area contributed by atoms with Crippen LogP contribution in [0.4, 0.5) is 0 Å². The molecule has 1 saturated carbocycles. The fourth-order valence-corrected chi connectivity index (χ4v) is 2.87. The first-order valence-corrected chi connectivity index (χ1v) is 7.63. The highest BCUT2D eigenvalue weighted by Gasteiger charge is 2.50. The summed E-state index contributed by atoms with van der Waals surface area (Å²) in [7, 11) is 1.59. The Hall–Kier alpha value is -2.75. The average molecular weight is 312 g/mol. The molecule has 2 heterocycles. The van der Waals surface area contributed by atoms with Crippen molar-refractivity contribution in [3.05, 3.63) is 35.4 Å². The number of nitrogens with one attached hydrogen (secondary N) is 3. The van der Waals surface area contributed by atoms with E-state index in [1.165, 1.54) is 0 Å². The first-order chi connectivity index (χ1) is 11.0. The molecule has 1 amide bonds. The van der Waals surface area contributed by atoms with Crippen LogP contribution in [0.25, 0.3) is 5.57 Å². The number of nitriles is 1. The van der Waals surface area contributed by atoms with E-state index in [9.17, 15) is 10.1 Å². The number of allylic oxidation sites excluding steroid dienone is 2. The van der Waals surface area contributed by atoms with Crippen LogP contribution in [0.5, 0.6) is 0 Å². The van der Waals surface area contributed by atoms with Crippen LogP contribution < -0.4 is 10.7 Å². The van der Waals surface area contributed by atoms with Crippen molar-refractivity contribution in [2.45, 2.75) is 32.7 Å². The van der Waals surface area contributed by atoms with Gasteiger partial charge in [-0.3, -0.25) is 14.9 Å². The summed E-state index contributed by atoms with van der Waals surface area (Å²) in [5.41, 5.74) is 5.91. The Morgan fingerprint density at radius 1 is 1.57 bits per heavy atom. The van der Waals surface area contributed by atoms with Gasteiger partial charge in [0, 0.05) is 31.2 Å². The van der Waals surface area contributed by atoms with Gasteiger partial charge in [-0.05, 0) is 32.3 Å². The number of aromatic nitrogens is 2. The lowest BCUT2D eigenvalue weighted by Gasteiger charge is -2.34. The van der Waals surface area contributed by atoms with Gasteiger partial charge in [-0.1, -0.05) is 0 Å². The summed E-state index contributed by atoms with van der Waals surface area (Å²) in [6.07, 6.45) is 7.27. The second kappa shape index (κ2) is 5.47. The van der Waals surface area contributed by atoms with Crippen LogP contribution in [-0.2, 0) is 0 Å². The molecule has 3 N–H and O–H groups in total. The minimum atomic E-state index is -0.255.